The number of likely N-dealkylation sites (tertiary alicyclic amines) is 1. The predicted octanol–water partition coefficient (Wildman–Crippen LogP) is 6.67. The van der Waals surface area contributed by atoms with Gasteiger partial charge in [-0.3, -0.25) is 9.69 Å². The molecule has 0 spiro atoms. The number of hydrogen-bond acceptors (Lipinski definition) is 5. The van der Waals surface area contributed by atoms with Crippen LogP contribution >= 0.6 is 23.2 Å². The first-order valence-electron chi connectivity index (χ1n) is 12.5. The van der Waals surface area contributed by atoms with Crippen molar-refractivity contribution >= 4 is 35.1 Å². The van der Waals surface area contributed by atoms with Crippen molar-refractivity contribution in [3.8, 4) is 0 Å². The van der Waals surface area contributed by atoms with Crippen LogP contribution in [0.5, 0.6) is 0 Å². The maximum atomic E-state index is 13.8. The number of carbonyl (C=O) groups is 2. The van der Waals surface area contributed by atoms with Crippen LogP contribution in [0.1, 0.15) is 65.0 Å². The van der Waals surface area contributed by atoms with Crippen LogP contribution in [0.2, 0.25) is 10.0 Å². The van der Waals surface area contributed by atoms with Crippen LogP contribution in [-0.2, 0) is 31.9 Å². The van der Waals surface area contributed by atoms with Crippen LogP contribution in [-0.4, -0.2) is 46.7 Å². The van der Waals surface area contributed by atoms with Crippen molar-refractivity contribution in [2.45, 2.75) is 83.4 Å². The Kier molecular flexibility index (Phi) is 9.13. The lowest BCUT2D eigenvalue weighted by molar-refractivity contribution is -0.182. The van der Waals surface area contributed by atoms with E-state index in [9.17, 15) is 9.59 Å². The molecule has 0 bridgehead atoms. The van der Waals surface area contributed by atoms with Crippen LogP contribution in [0, 0.1) is 0 Å². The number of ether oxygens (including phenoxy) is 2. The summed E-state index contributed by atoms with van der Waals surface area (Å²) < 4.78 is 11.7. The molecule has 1 heterocycles. The van der Waals surface area contributed by atoms with Gasteiger partial charge in [0.15, 0.2) is 0 Å². The highest BCUT2D eigenvalue weighted by Gasteiger charge is 2.46. The first-order chi connectivity index (χ1) is 16.9. The Morgan fingerprint density at radius 3 is 1.81 bits per heavy atom. The monoisotopic (exact) mass is 533 g/mol. The Labute approximate surface area is 225 Å². The Hall–Kier alpha value is -2.08. The normalized spacial score (nSPS) is 17.4. The molecule has 3 rings (SSSR count). The highest BCUT2D eigenvalue weighted by molar-refractivity contribution is 6.31. The van der Waals surface area contributed by atoms with Gasteiger partial charge < -0.3 is 9.47 Å². The third kappa shape index (κ3) is 6.81. The lowest BCUT2D eigenvalue weighted by atomic mass is 9.80. The van der Waals surface area contributed by atoms with Crippen LogP contribution in [0.4, 0.5) is 0 Å². The van der Waals surface area contributed by atoms with Gasteiger partial charge in [-0.25, -0.2) is 4.79 Å². The van der Waals surface area contributed by atoms with Gasteiger partial charge in [-0.15, -0.1) is 0 Å². The summed E-state index contributed by atoms with van der Waals surface area (Å²) in [4.78, 5) is 28.5. The van der Waals surface area contributed by atoms with E-state index >= 15 is 0 Å². The van der Waals surface area contributed by atoms with Gasteiger partial charge >= 0.3 is 11.9 Å². The largest absolute Gasteiger partial charge is 0.461 e. The molecule has 0 N–H and O–H groups in total. The topological polar surface area (TPSA) is 55.8 Å². The summed E-state index contributed by atoms with van der Waals surface area (Å²) >= 11 is 12.9. The van der Waals surface area contributed by atoms with Gasteiger partial charge in [-0.05, 0) is 70.2 Å². The number of hydrogen-bond donors (Lipinski definition) is 0. The molecule has 0 unspecified atom stereocenters. The first kappa shape index (κ1) is 28.5. The Balaban J connectivity index is 1.90. The van der Waals surface area contributed by atoms with E-state index in [1.54, 1.807) is 12.1 Å². The number of nitrogens with zero attached hydrogens (tertiary/aromatic N) is 1. The second-order valence-corrected chi connectivity index (χ2v) is 11.7. The Bertz CT molecular complexity index is 1020. The van der Waals surface area contributed by atoms with Crippen LogP contribution < -0.4 is 0 Å². The standard InChI is InChI=1S/C29H37Cl2NO4/c1-21(33)36-29(19-22-11-6-8-13-24(22)30,20-23-12-7-9-14-25(23)31)26(34)35-18-17-32-27(2,3)15-10-16-28(32,4)5/h6-9,11-14H,10,15-20H2,1-5H3. The molecule has 0 atom stereocenters. The molecule has 0 aromatic heterocycles. The third-order valence-electron chi connectivity index (χ3n) is 7.17. The van der Waals surface area contributed by atoms with Gasteiger partial charge in [0, 0.05) is 47.4 Å². The number of carbonyl (C=O) groups excluding carboxylic acids is 2. The van der Waals surface area contributed by atoms with E-state index in [1.807, 2.05) is 36.4 Å². The molecule has 2 aromatic carbocycles. The van der Waals surface area contributed by atoms with Gasteiger partial charge in [0.25, 0.3) is 0 Å². The van der Waals surface area contributed by atoms with Crippen molar-refractivity contribution in [2.75, 3.05) is 13.2 Å². The molecule has 2 aromatic rings. The van der Waals surface area contributed by atoms with E-state index in [1.165, 1.54) is 13.3 Å². The van der Waals surface area contributed by atoms with E-state index in [4.69, 9.17) is 32.7 Å². The van der Waals surface area contributed by atoms with Crippen molar-refractivity contribution in [2.24, 2.45) is 0 Å². The van der Waals surface area contributed by atoms with Gasteiger partial charge in [0.05, 0.1) is 0 Å². The Morgan fingerprint density at radius 2 is 1.36 bits per heavy atom. The highest BCUT2D eigenvalue weighted by atomic mass is 35.5. The summed E-state index contributed by atoms with van der Waals surface area (Å²) in [5.41, 5.74) is -0.258. The number of piperidine rings is 1. The second-order valence-electron chi connectivity index (χ2n) is 10.9. The number of benzene rings is 2. The third-order valence-corrected chi connectivity index (χ3v) is 7.90. The molecule has 5 nitrogen and oxygen atoms in total. The van der Waals surface area contributed by atoms with Gasteiger partial charge in [-0.1, -0.05) is 59.6 Å². The minimum Gasteiger partial charge on any atom is -0.461 e. The zero-order valence-corrected chi connectivity index (χ0v) is 23.4. The summed E-state index contributed by atoms with van der Waals surface area (Å²) in [5, 5.41) is 0.968. The van der Waals surface area contributed by atoms with Crippen molar-refractivity contribution in [3.63, 3.8) is 0 Å². The fourth-order valence-electron chi connectivity index (χ4n) is 5.50. The highest BCUT2D eigenvalue weighted by Crippen LogP contribution is 2.38. The van der Waals surface area contributed by atoms with E-state index in [-0.39, 0.29) is 30.5 Å². The quantitative estimate of drug-likeness (QED) is 0.337. The maximum absolute atomic E-state index is 13.8. The van der Waals surface area contributed by atoms with Crippen LogP contribution in [0.25, 0.3) is 0 Å². The fraction of sp³-hybridized carbons (Fsp3) is 0.517. The molecule has 0 radical (unpaired) electrons. The molecule has 7 heteroatoms. The molecule has 1 aliphatic heterocycles. The molecular weight excluding hydrogens is 497 g/mol. The van der Waals surface area contributed by atoms with Crippen LogP contribution in [0.15, 0.2) is 48.5 Å². The maximum Gasteiger partial charge on any atom is 0.351 e. The zero-order valence-electron chi connectivity index (χ0n) is 21.9. The number of rotatable bonds is 9. The minimum absolute atomic E-state index is 0.00371. The summed E-state index contributed by atoms with van der Waals surface area (Å²) in [6.07, 6.45) is 3.47. The average Bonchev–Trinajstić information content (AvgIpc) is 2.77. The van der Waals surface area contributed by atoms with E-state index in [2.05, 4.69) is 32.6 Å². The first-order valence-corrected chi connectivity index (χ1v) is 13.2. The zero-order chi connectivity index (χ0) is 26.6. The van der Waals surface area contributed by atoms with Gasteiger partial charge in [-0.2, -0.15) is 0 Å². The van der Waals surface area contributed by atoms with E-state index < -0.39 is 17.5 Å². The SMILES string of the molecule is CC(=O)OC(Cc1ccccc1Cl)(Cc1ccccc1Cl)C(=O)OCCN1C(C)(C)CCCC1(C)C. The second kappa shape index (κ2) is 11.5. The van der Waals surface area contributed by atoms with Crippen molar-refractivity contribution in [1.82, 2.24) is 4.90 Å². The smallest absolute Gasteiger partial charge is 0.351 e. The molecule has 36 heavy (non-hydrogen) atoms. The lowest BCUT2D eigenvalue weighted by Gasteiger charge is -2.53. The molecule has 1 saturated heterocycles. The van der Waals surface area contributed by atoms with Crippen LogP contribution in [0.3, 0.4) is 0 Å². The molecule has 1 fully saturated rings. The number of esters is 2. The predicted molar refractivity (Wildman–Crippen MR) is 144 cm³/mol. The van der Waals surface area contributed by atoms with Crippen molar-refractivity contribution < 1.29 is 19.1 Å². The average molecular weight is 535 g/mol. The molecule has 1 aliphatic rings. The summed E-state index contributed by atoms with van der Waals surface area (Å²) in [7, 11) is 0. The molecule has 196 valence electrons. The molecule has 0 aliphatic carbocycles. The van der Waals surface area contributed by atoms with Gasteiger partial charge in [0.2, 0.25) is 5.60 Å². The lowest BCUT2D eigenvalue weighted by Crippen LogP contribution is -2.59. The minimum atomic E-state index is -1.62. The van der Waals surface area contributed by atoms with Crippen molar-refractivity contribution in [1.29, 1.82) is 0 Å². The van der Waals surface area contributed by atoms with E-state index in [0.717, 1.165) is 12.8 Å². The van der Waals surface area contributed by atoms with Gasteiger partial charge in [0.1, 0.15) is 6.61 Å². The Morgan fingerprint density at radius 1 is 0.889 bits per heavy atom. The number of halogens is 2. The van der Waals surface area contributed by atoms with Crippen molar-refractivity contribution in [3.05, 3.63) is 69.7 Å². The summed E-state index contributed by atoms with van der Waals surface area (Å²) in [5.74, 6) is -1.19. The molecular formula is C29H37Cl2NO4. The van der Waals surface area contributed by atoms with E-state index in [0.29, 0.717) is 27.7 Å². The fourth-order valence-corrected chi connectivity index (χ4v) is 5.91. The summed E-state index contributed by atoms with van der Waals surface area (Å²) in [6.45, 7) is 11.0. The molecule has 0 saturated carbocycles. The summed E-state index contributed by atoms with van der Waals surface area (Å²) in [6, 6.07) is 14.4. The molecule has 0 amide bonds.